The van der Waals surface area contributed by atoms with Crippen molar-refractivity contribution in [3.8, 4) is 56.7 Å². The fraction of sp³-hybridized carbons (Fsp3) is 0. The predicted octanol–water partition coefficient (Wildman–Crippen LogP) is 15.8. The minimum Gasteiger partial charge on any atom is -0.456 e. The molecule has 4 aromatic heterocycles. The highest BCUT2D eigenvalue weighted by atomic mass is 16.3. The lowest BCUT2D eigenvalue weighted by Crippen LogP contribution is -2.06. The molecular formula is C61H37N5O. The molecule has 0 aliphatic rings. The molecule has 14 rings (SSSR count). The second-order valence-electron chi connectivity index (χ2n) is 17.2. The van der Waals surface area contributed by atoms with Crippen LogP contribution in [-0.4, -0.2) is 24.1 Å². The number of furan rings is 1. The Labute approximate surface area is 384 Å². The van der Waals surface area contributed by atoms with Gasteiger partial charge in [-0.1, -0.05) is 158 Å². The van der Waals surface area contributed by atoms with Crippen LogP contribution in [0.1, 0.15) is 0 Å². The Morgan fingerprint density at radius 1 is 0.313 bits per heavy atom. The van der Waals surface area contributed by atoms with Crippen LogP contribution in [0.15, 0.2) is 229 Å². The summed E-state index contributed by atoms with van der Waals surface area (Å²) in [4.78, 5) is 15.2. The van der Waals surface area contributed by atoms with Crippen LogP contribution in [0.4, 0.5) is 0 Å². The van der Waals surface area contributed by atoms with Gasteiger partial charge in [0.05, 0.1) is 22.1 Å². The normalized spacial score (nSPS) is 11.9. The maximum absolute atomic E-state index is 6.62. The van der Waals surface area contributed by atoms with Crippen molar-refractivity contribution in [3.63, 3.8) is 0 Å². The second kappa shape index (κ2) is 14.7. The molecule has 0 aliphatic carbocycles. The van der Waals surface area contributed by atoms with Gasteiger partial charge in [0, 0.05) is 49.1 Å². The molecule has 0 unspecified atom stereocenters. The Kier molecular flexibility index (Phi) is 8.18. The van der Waals surface area contributed by atoms with Gasteiger partial charge in [-0.25, -0.2) is 4.98 Å². The molecule has 0 saturated heterocycles. The van der Waals surface area contributed by atoms with E-state index < -0.39 is 0 Å². The van der Waals surface area contributed by atoms with Crippen molar-refractivity contribution < 1.29 is 4.42 Å². The van der Waals surface area contributed by atoms with Crippen LogP contribution in [0.5, 0.6) is 0 Å². The number of nitrogens with zero attached hydrogens (tertiary/aromatic N) is 5. The minimum atomic E-state index is 0.571. The average Bonchev–Trinajstić information content (AvgIpc) is 4.06. The van der Waals surface area contributed by atoms with E-state index in [9.17, 15) is 0 Å². The third-order valence-corrected chi connectivity index (χ3v) is 13.4. The first-order chi connectivity index (χ1) is 33.2. The third-order valence-electron chi connectivity index (χ3n) is 13.4. The quantitative estimate of drug-likeness (QED) is 0.167. The monoisotopic (exact) mass is 855 g/mol. The van der Waals surface area contributed by atoms with E-state index in [4.69, 9.17) is 19.4 Å². The first-order valence-electron chi connectivity index (χ1n) is 22.6. The zero-order valence-corrected chi connectivity index (χ0v) is 36.0. The molecule has 6 nitrogen and oxygen atoms in total. The van der Waals surface area contributed by atoms with Crippen molar-refractivity contribution in [1.29, 1.82) is 0 Å². The standard InChI is InChI=1S/C61H37N5O/c1-4-16-39(17-5-1)59-62-60(40-18-6-2-7-19-40)64-61(63-59)66-51-25-13-12-23-47(51)48-35-41(28-31-52(48)66)42-30-34-55-50(36-42)58-46(24-14-26-56(58)67-55)43-29-32-53-49(37-43)57-45-22-11-10-15-38(45)27-33-54(57)65(53)44-20-8-3-9-21-44/h1-37H. The van der Waals surface area contributed by atoms with Crippen LogP contribution in [0.2, 0.25) is 0 Å². The van der Waals surface area contributed by atoms with Gasteiger partial charge < -0.3 is 8.98 Å². The van der Waals surface area contributed by atoms with E-state index in [1.807, 2.05) is 60.7 Å². The summed E-state index contributed by atoms with van der Waals surface area (Å²) in [5.74, 6) is 1.82. The Morgan fingerprint density at radius 3 is 1.66 bits per heavy atom. The van der Waals surface area contributed by atoms with Gasteiger partial charge in [0.2, 0.25) is 5.95 Å². The van der Waals surface area contributed by atoms with Gasteiger partial charge in [-0.2, -0.15) is 9.97 Å². The first-order valence-corrected chi connectivity index (χ1v) is 22.6. The molecule has 4 heterocycles. The van der Waals surface area contributed by atoms with Gasteiger partial charge >= 0.3 is 0 Å². The van der Waals surface area contributed by atoms with Gasteiger partial charge in [0.15, 0.2) is 11.6 Å². The summed E-state index contributed by atoms with van der Waals surface area (Å²) < 4.78 is 11.2. The molecule has 0 N–H and O–H groups in total. The molecule has 0 saturated carbocycles. The van der Waals surface area contributed by atoms with Crippen LogP contribution in [0.25, 0.3) is 133 Å². The molecule has 0 bridgehead atoms. The Balaban J connectivity index is 0.933. The molecule has 0 fully saturated rings. The lowest BCUT2D eigenvalue weighted by atomic mass is 9.95. The van der Waals surface area contributed by atoms with E-state index in [1.54, 1.807) is 0 Å². The van der Waals surface area contributed by atoms with Crippen LogP contribution in [0.3, 0.4) is 0 Å². The fourth-order valence-corrected chi connectivity index (χ4v) is 10.3. The summed E-state index contributed by atoms with van der Waals surface area (Å²) in [7, 11) is 0. The van der Waals surface area contributed by atoms with Gasteiger partial charge in [0.1, 0.15) is 11.2 Å². The van der Waals surface area contributed by atoms with Crippen molar-refractivity contribution in [2.24, 2.45) is 0 Å². The number of hydrogen-bond donors (Lipinski definition) is 0. The summed E-state index contributed by atoms with van der Waals surface area (Å²) >= 11 is 0. The second-order valence-corrected chi connectivity index (χ2v) is 17.2. The minimum absolute atomic E-state index is 0.571. The van der Waals surface area contributed by atoms with Gasteiger partial charge in [-0.05, 0) is 99.8 Å². The van der Waals surface area contributed by atoms with Gasteiger partial charge in [0.25, 0.3) is 0 Å². The topological polar surface area (TPSA) is 61.7 Å². The molecule has 10 aromatic carbocycles. The van der Waals surface area contributed by atoms with E-state index in [2.05, 4.69) is 173 Å². The van der Waals surface area contributed by atoms with Crippen LogP contribution < -0.4 is 0 Å². The maximum atomic E-state index is 6.62. The molecule has 0 amide bonds. The SMILES string of the molecule is c1ccc(-c2nc(-c3ccccc3)nc(-n3c4ccccc4c4cc(-c5ccc6oc7cccc(-c8ccc9c(c8)c8c%10ccccc%10ccc8n9-c8ccccc8)c7c6c5)ccc43)n2)cc1. The van der Waals surface area contributed by atoms with Crippen LogP contribution in [-0.2, 0) is 0 Å². The number of benzene rings is 10. The molecule has 6 heteroatoms. The largest absolute Gasteiger partial charge is 0.456 e. The van der Waals surface area contributed by atoms with E-state index in [1.165, 1.54) is 32.6 Å². The van der Waals surface area contributed by atoms with Crippen LogP contribution >= 0.6 is 0 Å². The molecule has 312 valence electrons. The molecule has 0 spiro atoms. The summed E-state index contributed by atoms with van der Waals surface area (Å²) in [5.41, 5.74) is 13.6. The van der Waals surface area contributed by atoms with Crippen molar-refractivity contribution in [1.82, 2.24) is 24.1 Å². The highest BCUT2D eigenvalue weighted by Crippen LogP contribution is 2.43. The first kappa shape index (κ1) is 37.3. The molecule has 0 aliphatic heterocycles. The van der Waals surface area contributed by atoms with Crippen molar-refractivity contribution in [2.75, 3.05) is 0 Å². The van der Waals surface area contributed by atoms with Gasteiger partial charge in [-0.15, -0.1) is 0 Å². The highest BCUT2D eigenvalue weighted by molar-refractivity contribution is 6.23. The Morgan fingerprint density at radius 2 is 0.896 bits per heavy atom. The number of rotatable bonds is 6. The van der Waals surface area contributed by atoms with E-state index in [0.717, 1.165) is 82.8 Å². The van der Waals surface area contributed by atoms with Crippen LogP contribution in [0, 0.1) is 0 Å². The van der Waals surface area contributed by atoms with E-state index in [-0.39, 0.29) is 0 Å². The molecule has 0 atom stereocenters. The summed E-state index contributed by atoms with van der Waals surface area (Å²) in [5, 5.41) is 9.37. The molecule has 0 radical (unpaired) electrons. The number of fused-ring (bicyclic) bond motifs is 11. The zero-order chi connectivity index (χ0) is 44.0. The molecule has 67 heavy (non-hydrogen) atoms. The molecular weight excluding hydrogens is 819 g/mol. The highest BCUT2D eigenvalue weighted by Gasteiger charge is 2.21. The predicted molar refractivity (Wildman–Crippen MR) is 275 cm³/mol. The summed E-state index contributed by atoms with van der Waals surface area (Å²) in [6.45, 7) is 0. The summed E-state index contributed by atoms with van der Waals surface area (Å²) in [6, 6.07) is 79.3. The number of aromatic nitrogens is 5. The van der Waals surface area contributed by atoms with E-state index >= 15 is 0 Å². The van der Waals surface area contributed by atoms with Crippen molar-refractivity contribution in [2.45, 2.75) is 0 Å². The lowest BCUT2D eigenvalue weighted by molar-refractivity contribution is 0.669. The van der Waals surface area contributed by atoms with Gasteiger partial charge in [-0.3, -0.25) is 4.57 Å². The maximum Gasteiger partial charge on any atom is 0.238 e. The average molecular weight is 856 g/mol. The van der Waals surface area contributed by atoms with E-state index in [0.29, 0.717) is 17.6 Å². The Hall–Kier alpha value is -9.13. The zero-order valence-electron chi connectivity index (χ0n) is 36.0. The third kappa shape index (κ3) is 5.86. The fourth-order valence-electron chi connectivity index (χ4n) is 10.3. The van der Waals surface area contributed by atoms with Crippen molar-refractivity contribution in [3.05, 3.63) is 224 Å². The smallest absolute Gasteiger partial charge is 0.238 e. The molecule has 14 aromatic rings. The lowest BCUT2D eigenvalue weighted by Gasteiger charge is -2.11. The van der Waals surface area contributed by atoms with Crippen molar-refractivity contribution >= 4 is 76.3 Å². The number of para-hydroxylation sites is 2. The number of hydrogen-bond acceptors (Lipinski definition) is 4. The summed E-state index contributed by atoms with van der Waals surface area (Å²) in [6.07, 6.45) is 0. The Bertz CT molecular complexity index is 4210.